The highest BCUT2D eigenvalue weighted by Gasteiger charge is 2.41. The number of benzene rings is 2. The number of phenols is 2. The molecule has 1 atom stereocenters. The van der Waals surface area contributed by atoms with Gasteiger partial charge in [0.1, 0.15) is 11.5 Å². The van der Waals surface area contributed by atoms with E-state index in [1.807, 2.05) is 25.1 Å². The smallest absolute Gasteiger partial charge is 0.115 e. The molecule has 0 heterocycles. The van der Waals surface area contributed by atoms with Crippen molar-refractivity contribution in [3.05, 3.63) is 82.6 Å². The van der Waals surface area contributed by atoms with Crippen molar-refractivity contribution in [3.8, 4) is 11.5 Å². The molecule has 0 saturated heterocycles. The van der Waals surface area contributed by atoms with Crippen molar-refractivity contribution in [2.75, 3.05) is 6.61 Å². The fraction of sp³-hybridized carbons (Fsp3) is 0.304. The molecule has 2 aliphatic carbocycles. The molecule has 2 aliphatic rings. The fourth-order valence-corrected chi connectivity index (χ4v) is 4.39. The number of aromatic hydroxyl groups is 2. The van der Waals surface area contributed by atoms with Crippen LogP contribution in [0.1, 0.15) is 36.5 Å². The van der Waals surface area contributed by atoms with Gasteiger partial charge in [0.25, 0.3) is 0 Å². The summed E-state index contributed by atoms with van der Waals surface area (Å²) in [5.74, 6) is 0.610. The number of fused-ring (bicyclic) bond motifs is 3. The van der Waals surface area contributed by atoms with Crippen molar-refractivity contribution in [1.29, 1.82) is 0 Å². The zero-order valence-corrected chi connectivity index (χ0v) is 15.5. The van der Waals surface area contributed by atoms with Crippen molar-refractivity contribution in [3.63, 3.8) is 0 Å². The Balaban J connectivity index is 1.76. The maximum Gasteiger partial charge on any atom is 0.115 e. The van der Waals surface area contributed by atoms with E-state index in [1.165, 1.54) is 22.3 Å². The summed E-state index contributed by atoms with van der Waals surface area (Å²) in [6.45, 7) is 2.57. The van der Waals surface area contributed by atoms with Crippen molar-refractivity contribution in [2.45, 2.75) is 38.0 Å². The number of phenolic OH excluding ortho intramolecular Hbond substituents is 2. The number of hydroxylamine groups is 1. The van der Waals surface area contributed by atoms with Crippen LogP contribution < -0.4 is 5.48 Å². The molecule has 0 bridgehead atoms. The molecule has 4 nitrogen and oxygen atoms in total. The summed E-state index contributed by atoms with van der Waals surface area (Å²) in [5.41, 5.74) is 9.01. The Morgan fingerprint density at radius 2 is 1.81 bits per heavy atom. The molecule has 3 N–H and O–H groups in total. The first-order valence-electron chi connectivity index (χ1n) is 9.50. The third kappa shape index (κ3) is 3.33. The van der Waals surface area contributed by atoms with Crippen LogP contribution in [0, 0.1) is 0 Å². The maximum atomic E-state index is 9.95. The van der Waals surface area contributed by atoms with Gasteiger partial charge in [0.2, 0.25) is 0 Å². The van der Waals surface area contributed by atoms with Crippen LogP contribution in [0.15, 0.2) is 65.9 Å². The Bertz CT molecular complexity index is 898. The summed E-state index contributed by atoms with van der Waals surface area (Å²) < 4.78 is 0. The van der Waals surface area contributed by atoms with Crippen LogP contribution >= 0.6 is 0 Å². The third-order valence-corrected chi connectivity index (χ3v) is 5.66. The molecule has 0 radical (unpaired) electrons. The first-order valence-corrected chi connectivity index (χ1v) is 9.50. The number of aryl methyl sites for hydroxylation is 1. The Morgan fingerprint density at radius 3 is 2.59 bits per heavy atom. The van der Waals surface area contributed by atoms with Gasteiger partial charge in [-0.1, -0.05) is 29.8 Å². The first kappa shape index (κ1) is 17.7. The van der Waals surface area contributed by atoms with E-state index in [1.54, 1.807) is 18.2 Å². The van der Waals surface area contributed by atoms with Crippen LogP contribution in [0.2, 0.25) is 0 Å². The summed E-state index contributed by atoms with van der Waals surface area (Å²) in [5, 5.41) is 19.6. The highest BCUT2D eigenvalue weighted by atomic mass is 16.6. The van der Waals surface area contributed by atoms with Gasteiger partial charge in [-0.15, -0.1) is 0 Å². The van der Waals surface area contributed by atoms with Gasteiger partial charge in [-0.3, -0.25) is 10.3 Å². The molecule has 0 spiro atoms. The van der Waals surface area contributed by atoms with Gasteiger partial charge < -0.3 is 10.2 Å². The molecule has 0 aromatic heterocycles. The zero-order valence-electron chi connectivity index (χ0n) is 15.5. The highest BCUT2D eigenvalue weighted by molar-refractivity contribution is 5.53. The molecule has 2 aromatic rings. The summed E-state index contributed by atoms with van der Waals surface area (Å²) in [4.78, 5) is 5.38. The molecular formula is C23H25NO3. The van der Waals surface area contributed by atoms with E-state index in [0.717, 1.165) is 31.4 Å². The summed E-state index contributed by atoms with van der Waals surface area (Å²) in [6, 6.07) is 13.3. The number of nitrogens with one attached hydrogen (secondary N) is 1. The summed E-state index contributed by atoms with van der Waals surface area (Å²) >= 11 is 0. The number of hydrogen-bond donors (Lipinski definition) is 3. The minimum absolute atomic E-state index is 0.129. The summed E-state index contributed by atoms with van der Waals surface area (Å²) in [7, 11) is 0. The molecule has 140 valence electrons. The van der Waals surface area contributed by atoms with Crippen LogP contribution in [0.3, 0.4) is 0 Å². The Morgan fingerprint density at radius 1 is 1.04 bits per heavy atom. The van der Waals surface area contributed by atoms with Gasteiger partial charge in [-0.25, -0.2) is 0 Å². The van der Waals surface area contributed by atoms with Gasteiger partial charge in [0.15, 0.2) is 0 Å². The van der Waals surface area contributed by atoms with E-state index in [9.17, 15) is 10.2 Å². The molecule has 4 heteroatoms. The number of allylic oxidation sites excluding steroid dienone is 3. The standard InChI is InChI=1S/C23H25NO3/c1-2-27-24-19-11-12-23(15-16-3-7-20(25)8-4-16)18(14-19)6-5-17-13-21(26)9-10-22(17)23/h3-4,7-11,13-14,24-26H,2,5-6,12,15H2,1H3. The maximum absolute atomic E-state index is 9.95. The quantitative estimate of drug-likeness (QED) is 0.694. The lowest BCUT2D eigenvalue weighted by molar-refractivity contribution is 0.0753. The molecule has 0 amide bonds. The second-order valence-corrected chi connectivity index (χ2v) is 7.34. The zero-order chi connectivity index (χ0) is 18.9. The number of hydrogen-bond acceptors (Lipinski definition) is 4. The average molecular weight is 363 g/mol. The highest BCUT2D eigenvalue weighted by Crippen LogP contribution is 2.49. The van der Waals surface area contributed by atoms with Crippen molar-refractivity contribution < 1.29 is 15.1 Å². The lowest BCUT2D eigenvalue weighted by atomic mass is 9.60. The van der Waals surface area contributed by atoms with Crippen LogP contribution in [-0.2, 0) is 23.1 Å². The lowest BCUT2D eigenvalue weighted by Gasteiger charge is -2.43. The molecule has 0 fully saturated rings. The normalized spacial score (nSPS) is 20.9. The van der Waals surface area contributed by atoms with Crippen molar-refractivity contribution in [2.24, 2.45) is 0 Å². The van der Waals surface area contributed by atoms with Gasteiger partial charge in [0, 0.05) is 5.41 Å². The largest absolute Gasteiger partial charge is 0.508 e. The van der Waals surface area contributed by atoms with Crippen molar-refractivity contribution >= 4 is 0 Å². The molecule has 27 heavy (non-hydrogen) atoms. The lowest BCUT2D eigenvalue weighted by Crippen LogP contribution is -2.38. The Labute approximate surface area is 159 Å². The second kappa shape index (κ2) is 7.12. The van der Waals surface area contributed by atoms with E-state index in [-0.39, 0.29) is 11.2 Å². The number of rotatable bonds is 5. The predicted octanol–water partition coefficient (Wildman–Crippen LogP) is 4.28. The minimum Gasteiger partial charge on any atom is -0.508 e. The van der Waals surface area contributed by atoms with Crippen LogP contribution in [0.4, 0.5) is 0 Å². The van der Waals surface area contributed by atoms with Crippen LogP contribution in [-0.4, -0.2) is 16.8 Å². The third-order valence-electron chi connectivity index (χ3n) is 5.66. The Hall–Kier alpha value is -2.72. The van der Waals surface area contributed by atoms with Gasteiger partial charge in [-0.05, 0) is 79.6 Å². The van der Waals surface area contributed by atoms with E-state index < -0.39 is 0 Å². The molecule has 2 aromatic carbocycles. The molecule has 0 saturated carbocycles. The van der Waals surface area contributed by atoms with Crippen LogP contribution in [0.5, 0.6) is 11.5 Å². The minimum atomic E-state index is -0.129. The first-order chi connectivity index (χ1) is 13.1. The van der Waals surface area contributed by atoms with Gasteiger partial charge in [0.05, 0.1) is 12.3 Å². The predicted molar refractivity (Wildman–Crippen MR) is 105 cm³/mol. The van der Waals surface area contributed by atoms with E-state index in [2.05, 4.69) is 23.7 Å². The fourth-order valence-electron chi connectivity index (χ4n) is 4.39. The van der Waals surface area contributed by atoms with E-state index >= 15 is 0 Å². The van der Waals surface area contributed by atoms with Gasteiger partial charge in [-0.2, -0.15) is 0 Å². The molecule has 0 aliphatic heterocycles. The average Bonchev–Trinajstić information content (AvgIpc) is 2.68. The Kier molecular flexibility index (Phi) is 4.66. The van der Waals surface area contributed by atoms with Gasteiger partial charge >= 0.3 is 0 Å². The molecular weight excluding hydrogens is 338 g/mol. The van der Waals surface area contributed by atoms with Crippen molar-refractivity contribution in [1.82, 2.24) is 5.48 Å². The summed E-state index contributed by atoms with van der Waals surface area (Å²) in [6.07, 6.45) is 8.02. The second-order valence-electron chi connectivity index (χ2n) is 7.34. The van der Waals surface area contributed by atoms with Crippen LogP contribution in [0.25, 0.3) is 0 Å². The van der Waals surface area contributed by atoms with E-state index in [0.29, 0.717) is 12.4 Å². The topological polar surface area (TPSA) is 61.7 Å². The molecule has 4 rings (SSSR count). The monoisotopic (exact) mass is 363 g/mol. The molecule has 1 unspecified atom stereocenters. The SMILES string of the molecule is CCONC1=CCC2(Cc3ccc(O)cc3)C(=C1)CCc1cc(O)ccc12. The van der Waals surface area contributed by atoms with E-state index in [4.69, 9.17) is 4.84 Å².